The van der Waals surface area contributed by atoms with Crippen molar-refractivity contribution in [3.8, 4) is 0 Å². The van der Waals surface area contributed by atoms with E-state index in [1.54, 1.807) is 32.2 Å². The van der Waals surface area contributed by atoms with Crippen LogP contribution < -0.4 is 11.1 Å². The minimum Gasteiger partial charge on any atom is -0.448 e. The van der Waals surface area contributed by atoms with Crippen molar-refractivity contribution in [2.75, 3.05) is 0 Å². The van der Waals surface area contributed by atoms with Crippen LogP contribution in [0.25, 0.3) is 0 Å². The topological polar surface area (TPSA) is 98.5 Å². The van der Waals surface area contributed by atoms with Crippen LogP contribution in [0.3, 0.4) is 0 Å². The Morgan fingerprint density at radius 2 is 2.00 bits per heavy atom. The third kappa shape index (κ3) is 4.06. The Morgan fingerprint density at radius 1 is 1.37 bits per heavy atom. The van der Waals surface area contributed by atoms with E-state index in [4.69, 9.17) is 10.5 Å². The molecule has 104 valence electrons. The molecule has 0 aliphatic rings. The van der Waals surface area contributed by atoms with Crippen LogP contribution in [-0.4, -0.2) is 24.0 Å². The van der Waals surface area contributed by atoms with Crippen molar-refractivity contribution in [2.24, 2.45) is 11.7 Å². The lowest BCUT2D eigenvalue weighted by Crippen LogP contribution is -2.45. The molecule has 7 heteroatoms. The van der Waals surface area contributed by atoms with Crippen molar-refractivity contribution in [3.63, 3.8) is 0 Å². The number of thiophene rings is 1. The van der Waals surface area contributed by atoms with Gasteiger partial charge in [0.1, 0.15) is 4.88 Å². The number of urea groups is 1. The zero-order valence-electron chi connectivity index (χ0n) is 10.9. The number of rotatable bonds is 4. The Balaban J connectivity index is 2.80. The Morgan fingerprint density at radius 3 is 2.42 bits per heavy atom. The molecule has 0 saturated heterocycles. The second-order valence-electron chi connectivity index (χ2n) is 4.36. The molecule has 1 aromatic rings. The molecule has 1 rings (SSSR count). The molecule has 6 nitrogen and oxygen atoms in total. The van der Waals surface area contributed by atoms with E-state index in [0.717, 1.165) is 5.56 Å². The highest BCUT2D eigenvalue weighted by molar-refractivity contribution is 7.12. The van der Waals surface area contributed by atoms with E-state index in [1.807, 2.05) is 5.32 Å². The maximum absolute atomic E-state index is 11.9. The maximum atomic E-state index is 11.9. The van der Waals surface area contributed by atoms with Gasteiger partial charge in [0.05, 0.1) is 0 Å². The SMILES string of the molecule is Cc1ccsc1C(=O)O[C@@H](C(=O)NC(N)=O)C(C)C. The molecule has 19 heavy (non-hydrogen) atoms. The molecule has 3 amide bonds. The van der Waals surface area contributed by atoms with Crippen LogP contribution in [0.15, 0.2) is 11.4 Å². The first-order chi connectivity index (χ1) is 8.82. The summed E-state index contributed by atoms with van der Waals surface area (Å²) in [6.07, 6.45) is -1.05. The van der Waals surface area contributed by atoms with Crippen LogP contribution in [0.1, 0.15) is 29.1 Å². The van der Waals surface area contributed by atoms with Gasteiger partial charge in [-0.25, -0.2) is 9.59 Å². The summed E-state index contributed by atoms with van der Waals surface area (Å²) in [5.74, 6) is -1.57. The number of amides is 3. The van der Waals surface area contributed by atoms with Crippen molar-refractivity contribution in [3.05, 3.63) is 21.9 Å². The normalized spacial score (nSPS) is 12.0. The summed E-state index contributed by atoms with van der Waals surface area (Å²) in [6, 6.07) is 0.814. The number of carbonyl (C=O) groups is 3. The van der Waals surface area contributed by atoms with E-state index in [2.05, 4.69) is 0 Å². The standard InChI is InChI=1S/C12H16N2O4S/c1-6(2)8(10(15)14-12(13)17)18-11(16)9-7(3)4-5-19-9/h4-6,8H,1-3H3,(H3,13,14,15,17)/t8-/m1/s1. The van der Waals surface area contributed by atoms with Gasteiger partial charge in [-0.15, -0.1) is 11.3 Å². The van der Waals surface area contributed by atoms with Gasteiger partial charge >= 0.3 is 12.0 Å². The zero-order chi connectivity index (χ0) is 14.6. The molecule has 0 fully saturated rings. The first-order valence-electron chi connectivity index (χ1n) is 5.68. The van der Waals surface area contributed by atoms with E-state index in [-0.39, 0.29) is 5.92 Å². The number of ether oxygens (including phenoxy) is 1. The minimum atomic E-state index is -1.05. The quantitative estimate of drug-likeness (QED) is 0.817. The summed E-state index contributed by atoms with van der Waals surface area (Å²) in [7, 11) is 0. The van der Waals surface area contributed by atoms with Crippen LogP contribution in [0, 0.1) is 12.8 Å². The van der Waals surface area contributed by atoms with Crippen molar-refractivity contribution >= 4 is 29.2 Å². The summed E-state index contributed by atoms with van der Waals surface area (Å²) < 4.78 is 5.15. The maximum Gasteiger partial charge on any atom is 0.349 e. The van der Waals surface area contributed by atoms with Crippen molar-refractivity contribution in [1.29, 1.82) is 0 Å². The monoisotopic (exact) mass is 284 g/mol. The van der Waals surface area contributed by atoms with Gasteiger partial charge < -0.3 is 10.5 Å². The van der Waals surface area contributed by atoms with Crippen LogP contribution >= 0.6 is 11.3 Å². The largest absolute Gasteiger partial charge is 0.448 e. The molecule has 0 saturated carbocycles. The molecular weight excluding hydrogens is 268 g/mol. The molecule has 0 aromatic carbocycles. The highest BCUT2D eigenvalue weighted by Crippen LogP contribution is 2.19. The third-order valence-electron chi connectivity index (χ3n) is 2.39. The predicted octanol–water partition coefficient (Wildman–Crippen LogP) is 1.43. The number of hydrogen-bond donors (Lipinski definition) is 2. The van der Waals surface area contributed by atoms with E-state index >= 15 is 0 Å². The first-order valence-corrected chi connectivity index (χ1v) is 6.56. The highest BCUT2D eigenvalue weighted by Gasteiger charge is 2.28. The van der Waals surface area contributed by atoms with E-state index < -0.39 is 24.0 Å². The molecule has 0 unspecified atom stereocenters. The van der Waals surface area contributed by atoms with E-state index in [9.17, 15) is 14.4 Å². The summed E-state index contributed by atoms with van der Waals surface area (Å²) in [5, 5.41) is 3.68. The molecule has 1 aromatic heterocycles. The van der Waals surface area contributed by atoms with Gasteiger partial charge in [0.25, 0.3) is 5.91 Å². The van der Waals surface area contributed by atoms with Gasteiger partial charge in [-0.1, -0.05) is 13.8 Å². The smallest absolute Gasteiger partial charge is 0.349 e. The summed E-state index contributed by atoms with van der Waals surface area (Å²) in [6.45, 7) is 5.19. The lowest BCUT2D eigenvalue weighted by atomic mass is 10.1. The molecule has 0 bridgehead atoms. The fourth-order valence-electron chi connectivity index (χ4n) is 1.44. The Hall–Kier alpha value is -1.89. The zero-order valence-corrected chi connectivity index (χ0v) is 11.7. The molecular formula is C12H16N2O4S. The van der Waals surface area contributed by atoms with Crippen molar-refractivity contribution < 1.29 is 19.1 Å². The fourth-order valence-corrected chi connectivity index (χ4v) is 2.24. The van der Waals surface area contributed by atoms with Gasteiger partial charge in [-0.05, 0) is 29.9 Å². The molecule has 3 N–H and O–H groups in total. The Bertz CT molecular complexity index is 496. The minimum absolute atomic E-state index is 0.274. The molecule has 0 aliphatic carbocycles. The van der Waals surface area contributed by atoms with Crippen molar-refractivity contribution in [1.82, 2.24) is 5.32 Å². The summed E-state index contributed by atoms with van der Waals surface area (Å²) in [4.78, 5) is 34.7. The van der Waals surface area contributed by atoms with Crippen LogP contribution in [0.2, 0.25) is 0 Å². The third-order valence-corrected chi connectivity index (χ3v) is 3.39. The number of nitrogens with one attached hydrogen (secondary N) is 1. The Kier molecular flexibility index (Phi) is 5.05. The van der Waals surface area contributed by atoms with Gasteiger partial charge in [0.15, 0.2) is 6.10 Å². The van der Waals surface area contributed by atoms with Crippen LogP contribution in [-0.2, 0) is 9.53 Å². The van der Waals surface area contributed by atoms with Gasteiger partial charge in [-0.3, -0.25) is 10.1 Å². The predicted molar refractivity (Wildman–Crippen MR) is 70.8 cm³/mol. The molecule has 1 atom stereocenters. The van der Waals surface area contributed by atoms with Crippen molar-refractivity contribution in [2.45, 2.75) is 26.9 Å². The van der Waals surface area contributed by atoms with Crippen LogP contribution in [0.4, 0.5) is 4.79 Å². The van der Waals surface area contributed by atoms with Gasteiger partial charge in [0, 0.05) is 0 Å². The number of esters is 1. The first kappa shape index (κ1) is 15.2. The fraction of sp³-hybridized carbons (Fsp3) is 0.417. The lowest BCUT2D eigenvalue weighted by Gasteiger charge is -2.19. The highest BCUT2D eigenvalue weighted by atomic mass is 32.1. The van der Waals surface area contributed by atoms with E-state index in [1.165, 1.54) is 11.3 Å². The number of imide groups is 1. The average Bonchev–Trinajstić information content (AvgIpc) is 2.70. The number of hydrogen-bond acceptors (Lipinski definition) is 5. The molecule has 0 spiro atoms. The molecule has 0 radical (unpaired) electrons. The number of carbonyl (C=O) groups excluding carboxylic acids is 3. The molecule has 0 aliphatic heterocycles. The second kappa shape index (κ2) is 6.33. The number of nitrogens with two attached hydrogens (primary N) is 1. The average molecular weight is 284 g/mol. The second-order valence-corrected chi connectivity index (χ2v) is 5.27. The Labute approximate surface area is 114 Å². The lowest BCUT2D eigenvalue weighted by molar-refractivity contribution is -0.130. The summed E-state index contributed by atoms with van der Waals surface area (Å²) >= 11 is 1.24. The summed E-state index contributed by atoms with van der Waals surface area (Å²) in [5.41, 5.74) is 5.66. The van der Waals surface area contributed by atoms with Gasteiger partial charge in [0.2, 0.25) is 0 Å². The van der Waals surface area contributed by atoms with E-state index in [0.29, 0.717) is 4.88 Å². The number of aryl methyl sites for hydroxylation is 1. The van der Waals surface area contributed by atoms with Gasteiger partial charge in [-0.2, -0.15) is 0 Å². The van der Waals surface area contributed by atoms with Crippen LogP contribution in [0.5, 0.6) is 0 Å². The number of primary amides is 1. The molecule has 1 heterocycles.